The van der Waals surface area contributed by atoms with Crippen LogP contribution in [0.4, 0.5) is 11.4 Å². The molecular formula is C23H20Cl2N2O. The van der Waals surface area contributed by atoms with Crippen LogP contribution in [0, 0.1) is 0 Å². The highest BCUT2D eigenvalue weighted by Crippen LogP contribution is 2.28. The van der Waals surface area contributed by atoms with Crippen LogP contribution in [0.5, 0.6) is 0 Å². The Hall–Kier alpha value is -2.49. The molecule has 0 saturated carbocycles. The lowest BCUT2D eigenvalue weighted by molar-refractivity contribution is 0.102. The van der Waals surface area contributed by atoms with Crippen LogP contribution in [-0.2, 0) is 13.0 Å². The Balaban J connectivity index is 1.45. The van der Waals surface area contributed by atoms with Gasteiger partial charge in [0.2, 0.25) is 0 Å². The summed E-state index contributed by atoms with van der Waals surface area (Å²) in [5.74, 6) is -0.195. The molecule has 0 atom stereocenters. The molecule has 1 amide bonds. The van der Waals surface area contributed by atoms with Crippen molar-refractivity contribution in [2.75, 3.05) is 16.8 Å². The largest absolute Gasteiger partial charge is 0.367 e. The number of nitrogens with zero attached hydrogens (tertiary/aromatic N) is 1. The summed E-state index contributed by atoms with van der Waals surface area (Å²) in [6.45, 7) is 1.89. The van der Waals surface area contributed by atoms with E-state index >= 15 is 0 Å². The van der Waals surface area contributed by atoms with Gasteiger partial charge >= 0.3 is 0 Å². The van der Waals surface area contributed by atoms with E-state index < -0.39 is 0 Å². The minimum absolute atomic E-state index is 0.195. The maximum absolute atomic E-state index is 12.5. The van der Waals surface area contributed by atoms with Gasteiger partial charge in [-0.25, -0.2) is 0 Å². The van der Waals surface area contributed by atoms with Crippen LogP contribution in [0.15, 0.2) is 66.7 Å². The van der Waals surface area contributed by atoms with Gasteiger partial charge in [-0.05, 0) is 60.4 Å². The zero-order chi connectivity index (χ0) is 19.5. The highest BCUT2D eigenvalue weighted by Gasteiger charge is 2.16. The van der Waals surface area contributed by atoms with Crippen LogP contribution in [0.2, 0.25) is 10.0 Å². The number of para-hydroxylation sites is 1. The third-order valence-electron chi connectivity index (χ3n) is 4.98. The summed E-state index contributed by atoms with van der Waals surface area (Å²) >= 11 is 12.0. The van der Waals surface area contributed by atoms with E-state index in [0.29, 0.717) is 21.3 Å². The van der Waals surface area contributed by atoms with Crippen molar-refractivity contribution in [2.45, 2.75) is 19.4 Å². The lowest BCUT2D eigenvalue weighted by Crippen LogP contribution is -2.28. The van der Waals surface area contributed by atoms with Crippen molar-refractivity contribution in [3.05, 3.63) is 93.5 Å². The molecule has 0 unspecified atom stereocenters. The fraction of sp³-hybridized carbons (Fsp3) is 0.174. The van der Waals surface area contributed by atoms with Crippen molar-refractivity contribution in [1.82, 2.24) is 0 Å². The first kappa shape index (κ1) is 18.9. The Bertz CT molecular complexity index is 1000. The highest BCUT2D eigenvalue weighted by molar-refractivity contribution is 6.36. The second-order valence-corrected chi connectivity index (χ2v) is 7.77. The number of benzene rings is 3. The molecule has 3 aromatic rings. The number of rotatable bonds is 4. The molecule has 0 bridgehead atoms. The van der Waals surface area contributed by atoms with E-state index in [2.05, 4.69) is 34.5 Å². The molecule has 0 aliphatic carbocycles. The molecular weight excluding hydrogens is 391 g/mol. The number of carbonyl (C=O) groups excluding carboxylic acids is 1. The summed E-state index contributed by atoms with van der Waals surface area (Å²) in [4.78, 5) is 14.9. The molecule has 3 nitrogen and oxygen atoms in total. The Kier molecular flexibility index (Phi) is 5.56. The number of halogens is 2. The average molecular weight is 411 g/mol. The molecule has 5 heteroatoms. The van der Waals surface area contributed by atoms with E-state index in [9.17, 15) is 4.79 Å². The zero-order valence-electron chi connectivity index (χ0n) is 15.3. The third kappa shape index (κ3) is 4.16. The van der Waals surface area contributed by atoms with Crippen LogP contribution < -0.4 is 10.2 Å². The van der Waals surface area contributed by atoms with E-state index in [4.69, 9.17) is 23.2 Å². The quantitative estimate of drug-likeness (QED) is 0.555. The molecule has 1 aliphatic heterocycles. The number of carbonyl (C=O) groups is 1. The van der Waals surface area contributed by atoms with Gasteiger partial charge in [0.1, 0.15) is 0 Å². The van der Waals surface area contributed by atoms with E-state index in [1.165, 1.54) is 23.2 Å². The molecule has 0 spiro atoms. The Morgan fingerprint density at radius 1 is 1.00 bits per heavy atom. The van der Waals surface area contributed by atoms with E-state index in [-0.39, 0.29) is 5.91 Å². The lowest BCUT2D eigenvalue weighted by Gasteiger charge is -2.31. The molecule has 0 fully saturated rings. The van der Waals surface area contributed by atoms with Gasteiger partial charge < -0.3 is 10.2 Å². The summed E-state index contributed by atoms with van der Waals surface area (Å²) in [5.41, 5.74) is 5.04. The standard InChI is InChI=1S/C23H20Cl2N2O/c24-19-11-12-21(20(25)14-19)26-23(28)18-9-7-16(8-10-18)15-27-13-3-5-17-4-1-2-6-22(17)27/h1-2,4,6-12,14H,3,5,13,15H2,(H,26,28). The van der Waals surface area contributed by atoms with Gasteiger partial charge in [-0.3, -0.25) is 4.79 Å². The third-order valence-corrected chi connectivity index (χ3v) is 5.52. The molecule has 0 saturated heterocycles. The average Bonchev–Trinajstić information content (AvgIpc) is 2.71. The molecule has 1 aliphatic rings. The maximum Gasteiger partial charge on any atom is 0.255 e. The first-order chi connectivity index (χ1) is 13.6. The van der Waals surface area contributed by atoms with Crippen molar-refractivity contribution in [2.24, 2.45) is 0 Å². The number of fused-ring (bicyclic) bond motifs is 1. The zero-order valence-corrected chi connectivity index (χ0v) is 16.8. The first-order valence-corrected chi connectivity index (χ1v) is 10.0. The van der Waals surface area contributed by atoms with Gasteiger partial charge in [0.15, 0.2) is 0 Å². The van der Waals surface area contributed by atoms with Gasteiger partial charge in [0, 0.05) is 29.4 Å². The highest BCUT2D eigenvalue weighted by atomic mass is 35.5. The smallest absolute Gasteiger partial charge is 0.255 e. The SMILES string of the molecule is O=C(Nc1ccc(Cl)cc1Cl)c1ccc(CN2CCCc3ccccc32)cc1. The maximum atomic E-state index is 12.5. The summed E-state index contributed by atoms with van der Waals surface area (Å²) < 4.78 is 0. The number of hydrogen-bond donors (Lipinski definition) is 1. The second kappa shape index (κ2) is 8.26. The van der Waals surface area contributed by atoms with Crippen molar-refractivity contribution in [1.29, 1.82) is 0 Å². The Morgan fingerprint density at radius 3 is 2.57 bits per heavy atom. The van der Waals surface area contributed by atoms with Crippen LogP contribution in [0.3, 0.4) is 0 Å². The Morgan fingerprint density at radius 2 is 1.79 bits per heavy atom. The molecule has 142 valence electrons. The molecule has 1 heterocycles. The molecule has 28 heavy (non-hydrogen) atoms. The van der Waals surface area contributed by atoms with Gasteiger partial charge in [-0.2, -0.15) is 0 Å². The monoisotopic (exact) mass is 410 g/mol. The Labute approximate surface area is 174 Å². The summed E-state index contributed by atoms with van der Waals surface area (Å²) in [6, 6.07) is 21.3. The number of aryl methyl sites for hydroxylation is 1. The van der Waals surface area contributed by atoms with Gasteiger partial charge in [0.25, 0.3) is 5.91 Å². The van der Waals surface area contributed by atoms with Gasteiger partial charge in [0.05, 0.1) is 10.7 Å². The fourth-order valence-electron chi connectivity index (χ4n) is 3.54. The molecule has 1 N–H and O–H groups in total. The number of anilines is 2. The van der Waals surface area contributed by atoms with Crippen molar-refractivity contribution in [3.63, 3.8) is 0 Å². The van der Waals surface area contributed by atoms with Crippen molar-refractivity contribution in [3.8, 4) is 0 Å². The lowest BCUT2D eigenvalue weighted by atomic mass is 10.0. The number of nitrogens with one attached hydrogen (secondary N) is 1. The van der Waals surface area contributed by atoms with Crippen LogP contribution in [0.1, 0.15) is 27.9 Å². The van der Waals surface area contributed by atoms with Gasteiger partial charge in [-0.1, -0.05) is 53.5 Å². The van der Waals surface area contributed by atoms with E-state index in [0.717, 1.165) is 19.5 Å². The van der Waals surface area contributed by atoms with Crippen molar-refractivity contribution < 1.29 is 4.79 Å². The summed E-state index contributed by atoms with van der Waals surface area (Å²) in [6.07, 6.45) is 2.30. The summed E-state index contributed by atoms with van der Waals surface area (Å²) in [5, 5.41) is 3.78. The molecule has 3 aromatic carbocycles. The molecule has 0 radical (unpaired) electrons. The van der Waals surface area contributed by atoms with Gasteiger partial charge in [-0.15, -0.1) is 0 Å². The van der Waals surface area contributed by atoms with Crippen molar-refractivity contribution >= 4 is 40.5 Å². The first-order valence-electron chi connectivity index (χ1n) is 9.28. The van der Waals surface area contributed by atoms with E-state index in [1.54, 1.807) is 18.2 Å². The van der Waals surface area contributed by atoms with Crippen LogP contribution in [-0.4, -0.2) is 12.5 Å². The number of amides is 1. The fourth-order valence-corrected chi connectivity index (χ4v) is 4.00. The number of hydrogen-bond acceptors (Lipinski definition) is 2. The normalized spacial score (nSPS) is 13.1. The predicted molar refractivity (Wildman–Crippen MR) is 117 cm³/mol. The van der Waals surface area contributed by atoms with Crippen LogP contribution >= 0.6 is 23.2 Å². The minimum atomic E-state index is -0.195. The molecule has 4 rings (SSSR count). The predicted octanol–water partition coefficient (Wildman–Crippen LogP) is 6.20. The minimum Gasteiger partial charge on any atom is -0.367 e. The topological polar surface area (TPSA) is 32.3 Å². The molecule has 0 aromatic heterocycles. The summed E-state index contributed by atoms with van der Waals surface area (Å²) in [7, 11) is 0. The van der Waals surface area contributed by atoms with E-state index in [1.807, 2.05) is 24.3 Å². The van der Waals surface area contributed by atoms with Crippen LogP contribution in [0.25, 0.3) is 0 Å². The second-order valence-electron chi connectivity index (χ2n) is 6.93.